The van der Waals surface area contributed by atoms with Crippen molar-refractivity contribution in [1.82, 2.24) is 23.7 Å². The van der Waals surface area contributed by atoms with E-state index >= 15 is 8.78 Å². The van der Waals surface area contributed by atoms with Gasteiger partial charge >= 0.3 is 17.6 Å². The molecular weight excluding hydrogens is 1100 g/mol. The highest BCUT2D eigenvalue weighted by Gasteiger charge is 2.46. The Kier molecular flexibility index (Phi) is 17.2. The molecule has 3 fully saturated rings. The fourth-order valence-electron chi connectivity index (χ4n) is 10.9. The van der Waals surface area contributed by atoms with Crippen LogP contribution in [0.5, 0.6) is 5.75 Å². The highest BCUT2D eigenvalue weighted by Crippen LogP contribution is 2.47. The minimum atomic E-state index is -3.90. The van der Waals surface area contributed by atoms with Crippen LogP contribution in [-0.4, -0.2) is 118 Å². The summed E-state index contributed by atoms with van der Waals surface area (Å²) in [6.07, 6.45) is 1.14. The number of imidazole rings is 1. The maximum Gasteiger partial charge on any atom is 0.352 e. The highest BCUT2D eigenvalue weighted by molar-refractivity contribution is 7.88. The summed E-state index contributed by atoms with van der Waals surface area (Å²) in [7, 11) is -3.90. The van der Waals surface area contributed by atoms with E-state index in [0.29, 0.717) is 51.1 Å². The van der Waals surface area contributed by atoms with Crippen molar-refractivity contribution in [1.29, 1.82) is 0 Å². The summed E-state index contributed by atoms with van der Waals surface area (Å²) in [4.78, 5) is 79.8. The SMILES string of the molecule is CC(C)n1c(=O)n(C2CCC(=O)NC2=O)c2ccc(C3CCN(CC(=O)Nc4cccc(CS(=O)(=O)N5CC[C@H](Nc6cccc(-c7sc(C(=O)OC(C)(C)C)c(OCC(=O)OC(C)(C)C)c7Cl)c6)CC5(C)C)c4)CC3(F)F)cc21. The van der Waals surface area contributed by atoms with Gasteiger partial charge in [0.2, 0.25) is 27.7 Å². The molecule has 432 valence electrons. The number of carbonyl (C=O) groups excluding carboxylic acids is 5. The van der Waals surface area contributed by atoms with Gasteiger partial charge in [0.05, 0.1) is 40.7 Å². The van der Waals surface area contributed by atoms with Crippen molar-refractivity contribution in [3.8, 4) is 16.2 Å². The lowest BCUT2D eigenvalue weighted by molar-refractivity contribution is -0.157. The first kappa shape index (κ1) is 59.9. The third-order valence-corrected chi connectivity index (χ3v) is 17.8. The Morgan fingerprint density at radius 2 is 1.59 bits per heavy atom. The van der Waals surface area contributed by atoms with Crippen molar-refractivity contribution >= 4 is 85.0 Å². The lowest BCUT2D eigenvalue weighted by atomic mass is 9.86. The number of hydrogen-bond donors (Lipinski definition) is 3. The Bertz CT molecular complexity index is 3400. The van der Waals surface area contributed by atoms with Gasteiger partial charge in [0, 0.05) is 42.0 Å². The molecule has 2 aromatic heterocycles. The summed E-state index contributed by atoms with van der Waals surface area (Å²) in [6, 6.07) is 17.2. The lowest BCUT2D eigenvalue weighted by Crippen LogP contribution is -2.55. The molecule has 0 bridgehead atoms. The topological polar surface area (TPSA) is 217 Å². The van der Waals surface area contributed by atoms with Gasteiger partial charge in [0.25, 0.3) is 5.92 Å². The second-order valence-corrected chi connectivity index (χ2v) is 27.0. The molecule has 0 spiro atoms. The van der Waals surface area contributed by atoms with Gasteiger partial charge in [0.15, 0.2) is 17.2 Å². The Hall–Kier alpha value is -6.20. The number of piperidine rings is 3. The molecular formula is C57H70ClF2N7O11S2. The molecule has 80 heavy (non-hydrogen) atoms. The number of halogens is 3. The maximum absolute atomic E-state index is 16.1. The van der Waals surface area contributed by atoms with E-state index in [1.54, 1.807) is 97.9 Å². The molecule has 3 atom stereocenters. The second-order valence-electron chi connectivity index (χ2n) is 23.7. The lowest BCUT2D eigenvalue weighted by Gasteiger charge is -2.45. The maximum atomic E-state index is 16.1. The van der Waals surface area contributed by atoms with Crippen molar-refractivity contribution in [3.63, 3.8) is 0 Å². The number of likely N-dealkylation sites (tertiary alicyclic amines) is 1. The fourth-order valence-corrected chi connectivity index (χ4v) is 14.3. The van der Waals surface area contributed by atoms with Gasteiger partial charge in [-0.2, -0.15) is 4.31 Å². The third kappa shape index (κ3) is 13.7. The predicted octanol–water partition coefficient (Wildman–Crippen LogP) is 9.67. The summed E-state index contributed by atoms with van der Waals surface area (Å²) in [5.41, 5.74) is 0.396. The Balaban J connectivity index is 0.874. The van der Waals surface area contributed by atoms with Gasteiger partial charge in [-0.25, -0.2) is 31.6 Å². The zero-order valence-corrected chi connectivity index (χ0v) is 49.1. The number of imide groups is 1. The number of fused-ring (bicyclic) bond motifs is 1. The van der Waals surface area contributed by atoms with Gasteiger partial charge in [-0.3, -0.25) is 33.7 Å². The molecule has 3 N–H and O–H groups in total. The van der Waals surface area contributed by atoms with Crippen LogP contribution in [0.3, 0.4) is 0 Å². The van der Waals surface area contributed by atoms with Crippen LogP contribution in [0, 0.1) is 0 Å². The number of rotatable bonds is 16. The largest absolute Gasteiger partial charge is 0.479 e. The van der Waals surface area contributed by atoms with Crippen molar-refractivity contribution in [2.45, 2.75) is 154 Å². The van der Waals surface area contributed by atoms with Crippen LogP contribution >= 0.6 is 22.9 Å². The summed E-state index contributed by atoms with van der Waals surface area (Å²) < 4.78 is 81.9. The molecule has 5 heterocycles. The molecule has 3 aromatic carbocycles. The van der Waals surface area contributed by atoms with Gasteiger partial charge in [-0.1, -0.05) is 41.9 Å². The molecule has 2 unspecified atom stereocenters. The molecule has 18 nitrogen and oxygen atoms in total. The van der Waals surface area contributed by atoms with E-state index in [4.69, 9.17) is 25.8 Å². The zero-order chi connectivity index (χ0) is 58.4. The van der Waals surface area contributed by atoms with Crippen LogP contribution in [0.25, 0.3) is 21.5 Å². The number of nitrogens with zero attached hydrogens (tertiary/aromatic N) is 4. The Morgan fingerprint density at radius 1 is 0.887 bits per heavy atom. The number of aromatic nitrogens is 2. The van der Waals surface area contributed by atoms with E-state index in [0.717, 1.165) is 17.0 Å². The number of esters is 2. The molecule has 3 amide bonds. The first-order valence-corrected chi connectivity index (χ1v) is 29.5. The standard InChI is InChI=1S/C57H70ClF2N7O11S2/c1-33(2)66-43-27-35(17-18-41(43)67(53(66)73)42-19-20-44(68)63-51(42)71)40-22-23-64(32-57(40,59)60)29-45(69)62-37-15-11-13-34(25-37)31-80(74,75)65-24-21-39(28-56(65,9)10)61-38-16-12-14-36(26-38)49-47(58)48(76-30-46(70)77-54(3,4)5)50(79-49)52(72)78-55(6,7)8/h11-18,25-27,33,39-40,42,61H,19-24,28-32H2,1-10H3,(H,62,69)(H,63,68,71)/t39-,40?,42?/m0/s1. The van der Waals surface area contributed by atoms with E-state index < -0.39 is 93.1 Å². The minimum absolute atomic E-state index is 0.00792. The second kappa shape index (κ2) is 23.0. The van der Waals surface area contributed by atoms with Crippen LogP contribution in [0.4, 0.5) is 20.2 Å². The number of amides is 3. The van der Waals surface area contributed by atoms with Gasteiger partial charge < -0.3 is 24.8 Å². The van der Waals surface area contributed by atoms with Crippen molar-refractivity contribution in [3.05, 3.63) is 98.2 Å². The molecule has 0 saturated carbocycles. The number of sulfonamides is 1. The average Bonchev–Trinajstić information content (AvgIpc) is 3.81. The van der Waals surface area contributed by atoms with Crippen LogP contribution in [-0.2, 0) is 44.4 Å². The monoisotopic (exact) mass is 1170 g/mol. The van der Waals surface area contributed by atoms with Crippen LogP contribution < -0.4 is 26.4 Å². The normalized spacial score (nSPS) is 20.1. The van der Waals surface area contributed by atoms with Crippen molar-refractivity contribution in [2.75, 3.05) is 43.4 Å². The zero-order valence-electron chi connectivity index (χ0n) is 46.7. The average molecular weight is 1170 g/mol. The smallest absolute Gasteiger partial charge is 0.352 e. The Morgan fingerprint density at radius 3 is 2.25 bits per heavy atom. The van der Waals surface area contributed by atoms with E-state index in [2.05, 4.69) is 16.0 Å². The molecule has 3 aliphatic heterocycles. The van der Waals surface area contributed by atoms with Crippen LogP contribution in [0.2, 0.25) is 5.02 Å². The van der Waals surface area contributed by atoms with E-state index in [-0.39, 0.29) is 72.4 Å². The molecule has 0 aliphatic carbocycles. The summed E-state index contributed by atoms with van der Waals surface area (Å²) in [6.45, 7) is 16.6. The highest BCUT2D eigenvalue weighted by atomic mass is 35.5. The summed E-state index contributed by atoms with van der Waals surface area (Å²) in [5, 5.41) is 8.74. The number of thiophene rings is 1. The van der Waals surface area contributed by atoms with Gasteiger partial charge in [-0.15, -0.1) is 11.3 Å². The minimum Gasteiger partial charge on any atom is -0.479 e. The summed E-state index contributed by atoms with van der Waals surface area (Å²) in [5.74, 6) is -7.69. The molecule has 0 radical (unpaired) electrons. The first-order valence-electron chi connectivity index (χ1n) is 26.7. The molecule has 3 aliphatic rings. The van der Waals surface area contributed by atoms with Crippen LogP contribution in [0.1, 0.15) is 140 Å². The molecule has 8 rings (SSSR count). The quantitative estimate of drug-likeness (QED) is 0.0620. The van der Waals surface area contributed by atoms with Gasteiger partial charge in [0.1, 0.15) is 22.3 Å². The number of anilines is 2. The van der Waals surface area contributed by atoms with E-state index in [9.17, 15) is 37.2 Å². The van der Waals surface area contributed by atoms with Crippen LogP contribution in [0.15, 0.2) is 71.5 Å². The predicted molar refractivity (Wildman–Crippen MR) is 303 cm³/mol. The summed E-state index contributed by atoms with van der Waals surface area (Å²) >= 11 is 7.99. The Labute approximate surface area is 473 Å². The van der Waals surface area contributed by atoms with E-state index in [1.165, 1.54) is 18.3 Å². The molecule has 3 saturated heterocycles. The van der Waals surface area contributed by atoms with Gasteiger partial charge in [-0.05, 0) is 155 Å². The van der Waals surface area contributed by atoms with Crippen molar-refractivity contribution in [2.24, 2.45) is 0 Å². The number of carbonyl (C=O) groups is 5. The number of nitrogens with one attached hydrogen (secondary N) is 3. The number of alkyl halides is 2. The number of benzene rings is 3. The molecule has 23 heteroatoms. The number of ether oxygens (including phenoxy) is 3. The fraction of sp³-hybridized carbons (Fsp3) is 0.509. The third-order valence-electron chi connectivity index (χ3n) is 14.1. The number of hydrogen-bond acceptors (Lipinski definition) is 14. The first-order chi connectivity index (χ1) is 37.3. The van der Waals surface area contributed by atoms with E-state index in [1.807, 2.05) is 38.1 Å². The van der Waals surface area contributed by atoms with Crippen molar-refractivity contribution < 1.29 is 55.4 Å². The molecule has 5 aromatic rings.